The summed E-state index contributed by atoms with van der Waals surface area (Å²) in [5, 5.41) is 58.5. The first-order chi connectivity index (χ1) is 16.7. The molecule has 11 atom stereocenters. The van der Waals surface area contributed by atoms with Crippen LogP contribution in [0.3, 0.4) is 0 Å². The normalized spacial score (nSPS) is 36.4. The molecule has 8 N–H and O–H groups in total. The van der Waals surface area contributed by atoms with Gasteiger partial charge in [0, 0.05) is 41.8 Å². The van der Waals surface area contributed by atoms with Crippen molar-refractivity contribution in [2.24, 2.45) is 0 Å². The molecule has 0 aliphatic carbocycles. The minimum atomic E-state index is -5.73. The van der Waals surface area contributed by atoms with Gasteiger partial charge in [-0.1, -0.05) is 0 Å². The van der Waals surface area contributed by atoms with Crippen LogP contribution in [0.1, 0.15) is 6.23 Å². The molecule has 0 saturated carbocycles. The number of hydrogen-bond acceptors (Lipinski definition) is 16. The Morgan fingerprint density at radius 1 is 1.00 bits per heavy atom. The van der Waals surface area contributed by atoms with E-state index in [-0.39, 0.29) is 59.1 Å². The second-order valence-corrected chi connectivity index (χ2v) is 10.6. The van der Waals surface area contributed by atoms with Gasteiger partial charge in [0.05, 0.1) is 13.2 Å². The molecule has 1 radical (unpaired) electrons. The summed E-state index contributed by atoms with van der Waals surface area (Å²) >= 11 is 0. The maximum absolute atomic E-state index is 12.1. The topological polar surface area (TPSA) is 300 Å². The van der Waals surface area contributed by atoms with Crippen LogP contribution in [0, 0.1) is 0 Å². The molecule has 2 fully saturated rings. The summed E-state index contributed by atoms with van der Waals surface area (Å²) in [6.07, 6.45) is -15.6. The van der Waals surface area contributed by atoms with Gasteiger partial charge < -0.3 is 54.4 Å². The van der Waals surface area contributed by atoms with E-state index in [1.54, 1.807) is 0 Å². The van der Waals surface area contributed by atoms with Crippen LogP contribution in [0.4, 0.5) is 0 Å². The molecule has 1 aromatic rings. The predicted octanol–water partition coefficient (Wildman–Crippen LogP) is -8.80. The van der Waals surface area contributed by atoms with E-state index < -0.39 is 95.4 Å². The largest absolute Gasteiger partial charge is 1.00 e. The Hall–Kier alpha value is 0.620. The molecule has 0 spiro atoms. The van der Waals surface area contributed by atoms with E-state index in [4.69, 9.17) is 14.6 Å². The number of phosphoric ester groups is 2. The summed E-state index contributed by atoms with van der Waals surface area (Å²) in [4.78, 5) is 46.7. The quantitative estimate of drug-likeness (QED) is 0.0949. The number of aromatic nitrogens is 2. The molecule has 38 heavy (non-hydrogen) atoms. The van der Waals surface area contributed by atoms with Crippen LogP contribution >= 0.6 is 15.6 Å². The van der Waals surface area contributed by atoms with Gasteiger partial charge in [0.2, 0.25) is 0 Å². The molecule has 1 aromatic heterocycles. The molecule has 0 aromatic carbocycles. The molecule has 3 rings (SSSR count). The van der Waals surface area contributed by atoms with Gasteiger partial charge in [-0.2, -0.15) is 0 Å². The maximum atomic E-state index is 12.1. The number of hydrogen-bond donors (Lipinski definition) is 8. The van der Waals surface area contributed by atoms with Gasteiger partial charge in [-0.25, -0.2) is 13.7 Å². The molecule has 2 aliphatic rings. The molecule has 0 bridgehead atoms. The van der Waals surface area contributed by atoms with Crippen LogP contribution in [-0.4, -0.2) is 137 Å². The molecule has 0 amide bonds. The smallest absolute Gasteiger partial charge is 0.756 e. The first-order valence-corrected chi connectivity index (χ1v) is 12.9. The van der Waals surface area contributed by atoms with Gasteiger partial charge in [0.25, 0.3) is 13.4 Å². The summed E-state index contributed by atoms with van der Waals surface area (Å²) in [5.41, 5.74) is -1.77. The second kappa shape index (κ2) is 14.7. The zero-order valence-corrected chi connectivity index (χ0v) is 25.6. The third-order valence-electron chi connectivity index (χ3n) is 5.15. The predicted molar refractivity (Wildman–Crippen MR) is 112 cm³/mol. The first-order valence-electron chi connectivity index (χ1n) is 9.97. The first kappa shape index (κ1) is 36.6. The standard InChI is InChI=1S/C15H24N2O17P2.2Na/c18-3-5-8(20)10(22)12(24)14(32-5)33-36(28,29)34-35(26,27)30-4-6-9(21)11(23)13(31-6)17-2-1-7(19)16-15(17)25;;/h1-2,5-6,8-14,18,20-24H,3-4H2,(H,26,27)(H,28,29)(H,16,19,25);;/q;;+1/p-1/t5-,6-,8+,9-,10+,11-,12-,13-,14-;;/m1../s1. The van der Waals surface area contributed by atoms with Crippen molar-refractivity contribution in [2.45, 2.75) is 55.2 Å². The number of aliphatic hydroxyl groups excluding tert-OH is 6. The minimum absolute atomic E-state index is 0. The zero-order chi connectivity index (χ0) is 27.0. The average Bonchev–Trinajstić information content (AvgIpc) is 3.06. The van der Waals surface area contributed by atoms with E-state index in [0.717, 1.165) is 12.3 Å². The molecular formula is C15H23N2Na2O17P2. The van der Waals surface area contributed by atoms with Gasteiger partial charge in [0.1, 0.15) is 42.7 Å². The summed E-state index contributed by atoms with van der Waals surface area (Å²) in [6.45, 7) is -2.00. The Morgan fingerprint density at radius 3 is 2.18 bits per heavy atom. The monoisotopic (exact) mass is 611 g/mol. The third kappa shape index (κ3) is 8.81. The van der Waals surface area contributed by atoms with Crippen molar-refractivity contribution >= 4 is 45.2 Å². The Morgan fingerprint density at radius 2 is 1.61 bits per heavy atom. The molecular weight excluding hydrogens is 588 g/mol. The van der Waals surface area contributed by atoms with Crippen LogP contribution in [0.5, 0.6) is 0 Å². The van der Waals surface area contributed by atoms with Crippen LogP contribution in [-0.2, 0) is 32.0 Å². The van der Waals surface area contributed by atoms with Gasteiger partial charge in [0.15, 0.2) is 12.5 Å². The second-order valence-electron chi connectivity index (χ2n) is 7.66. The van der Waals surface area contributed by atoms with E-state index in [1.807, 2.05) is 4.98 Å². The van der Waals surface area contributed by atoms with Crippen molar-refractivity contribution in [1.82, 2.24) is 9.55 Å². The van der Waals surface area contributed by atoms with Crippen LogP contribution in [0.25, 0.3) is 0 Å². The number of aliphatic hydroxyl groups is 6. The Bertz CT molecular complexity index is 1140. The van der Waals surface area contributed by atoms with Crippen LogP contribution < -0.4 is 45.7 Å². The third-order valence-corrected chi connectivity index (χ3v) is 7.71. The number of nitrogens with one attached hydrogen (secondary N) is 1. The van der Waals surface area contributed by atoms with E-state index in [1.165, 1.54) is 0 Å². The summed E-state index contributed by atoms with van der Waals surface area (Å²) in [6, 6.07) is 0.918. The average molecular weight is 611 g/mol. The Balaban J connectivity index is 0.00000361. The number of rotatable bonds is 9. The van der Waals surface area contributed by atoms with E-state index in [2.05, 4.69) is 13.4 Å². The molecule has 2 saturated heterocycles. The fourth-order valence-electron chi connectivity index (χ4n) is 3.34. The van der Waals surface area contributed by atoms with Crippen molar-refractivity contribution in [3.63, 3.8) is 0 Å². The van der Waals surface area contributed by atoms with Crippen molar-refractivity contribution in [2.75, 3.05) is 13.2 Å². The van der Waals surface area contributed by atoms with E-state index in [0.29, 0.717) is 4.57 Å². The maximum Gasteiger partial charge on any atom is 1.00 e. The van der Waals surface area contributed by atoms with Gasteiger partial charge in [-0.15, -0.1) is 0 Å². The molecule has 19 nitrogen and oxygen atoms in total. The SMILES string of the molecule is O=c1ccn([C@@H]2O[C@H](COP(=O)([O-])OP(=O)(O)O[C@H]3O[C@H](CO)[C@H](O)[C@H](O)[C@H]3O)[C@@H](O)[C@H]2O)c(=O)[nH]1.[Na+].[Na]. The number of H-pyrrole nitrogens is 1. The van der Waals surface area contributed by atoms with Gasteiger partial charge in [-0.05, 0) is 0 Å². The zero-order valence-electron chi connectivity index (χ0n) is 19.8. The van der Waals surface area contributed by atoms with Crippen LogP contribution in [0.2, 0.25) is 0 Å². The van der Waals surface area contributed by atoms with Gasteiger partial charge >= 0.3 is 43.1 Å². The fourth-order valence-corrected chi connectivity index (χ4v) is 5.46. The van der Waals surface area contributed by atoms with E-state index in [9.17, 15) is 54.0 Å². The molecule has 3 heterocycles. The fraction of sp³-hybridized carbons (Fsp3) is 0.733. The van der Waals surface area contributed by atoms with Crippen molar-refractivity contribution < 1.29 is 102 Å². The molecule has 2 aliphatic heterocycles. The number of nitrogens with zero attached hydrogens (tertiary/aromatic N) is 1. The number of ether oxygens (including phenoxy) is 2. The van der Waals surface area contributed by atoms with Gasteiger partial charge in [-0.3, -0.25) is 23.4 Å². The summed E-state index contributed by atoms with van der Waals surface area (Å²) < 4.78 is 47.6. The number of phosphoric acid groups is 2. The Kier molecular flexibility index (Phi) is 14.2. The summed E-state index contributed by atoms with van der Waals surface area (Å²) in [7, 11) is -11.4. The minimum Gasteiger partial charge on any atom is -0.756 e. The van der Waals surface area contributed by atoms with Crippen molar-refractivity contribution in [3.05, 3.63) is 33.1 Å². The molecule has 23 heteroatoms. The molecule has 207 valence electrons. The van der Waals surface area contributed by atoms with Crippen molar-refractivity contribution in [3.8, 4) is 0 Å². The summed E-state index contributed by atoms with van der Waals surface area (Å²) in [5.74, 6) is 0. The molecule has 2 unspecified atom stereocenters. The van der Waals surface area contributed by atoms with E-state index >= 15 is 0 Å². The van der Waals surface area contributed by atoms with Crippen molar-refractivity contribution in [1.29, 1.82) is 0 Å². The van der Waals surface area contributed by atoms with Crippen LogP contribution in [0.15, 0.2) is 21.9 Å². The Labute approximate surface area is 256 Å². The number of aromatic amines is 1.